The van der Waals surface area contributed by atoms with Gasteiger partial charge in [-0.05, 0) is 79.8 Å². The Kier molecular flexibility index (Phi) is 6.15. The lowest BCUT2D eigenvalue weighted by Gasteiger charge is -2.26. The third-order valence-electron chi connectivity index (χ3n) is 5.80. The van der Waals surface area contributed by atoms with Gasteiger partial charge in [0.25, 0.3) is 5.69 Å². The Balaban J connectivity index is 1.53. The Morgan fingerprint density at radius 3 is 2.51 bits per heavy atom. The first-order chi connectivity index (χ1) is 17.0. The maximum absolute atomic E-state index is 11.0. The maximum atomic E-state index is 11.0. The summed E-state index contributed by atoms with van der Waals surface area (Å²) < 4.78 is 11.9. The monoisotopic (exact) mass is 486 g/mol. The minimum atomic E-state index is -0.422. The largest absolute Gasteiger partial charge is 0.494 e. The van der Waals surface area contributed by atoms with E-state index in [1.807, 2.05) is 66.4 Å². The number of nitrogens with one attached hydrogen (secondary N) is 1. The molecule has 3 heterocycles. The number of aromatic nitrogens is 1. The fraction of sp³-hybridized carbons (Fsp3) is 0.154. The van der Waals surface area contributed by atoms with Gasteiger partial charge in [0.15, 0.2) is 5.11 Å². The van der Waals surface area contributed by atoms with E-state index in [1.165, 1.54) is 12.1 Å². The van der Waals surface area contributed by atoms with E-state index < -0.39 is 4.92 Å². The van der Waals surface area contributed by atoms with Crippen molar-refractivity contribution in [1.82, 2.24) is 10.3 Å². The molecular weight excluding hydrogens is 464 g/mol. The highest BCUT2D eigenvalue weighted by Crippen LogP contribution is 2.43. The van der Waals surface area contributed by atoms with Crippen LogP contribution in [0.3, 0.4) is 0 Å². The van der Waals surface area contributed by atoms with Crippen molar-refractivity contribution in [1.29, 1.82) is 0 Å². The second-order valence-corrected chi connectivity index (χ2v) is 8.32. The number of rotatable bonds is 7. The van der Waals surface area contributed by atoms with Crippen LogP contribution in [0.15, 0.2) is 89.5 Å². The molecule has 0 radical (unpaired) electrons. The maximum Gasteiger partial charge on any atom is 0.269 e. The Morgan fingerprint density at radius 2 is 1.86 bits per heavy atom. The Hall–Kier alpha value is -4.24. The second-order valence-electron chi connectivity index (χ2n) is 7.93. The first kappa shape index (κ1) is 22.5. The molecule has 0 saturated carbocycles. The first-order valence-corrected chi connectivity index (χ1v) is 11.5. The zero-order valence-electron chi connectivity index (χ0n) is 18.8. The van der Waals surface area contributed by atoms with Gasteiger partial charge in [-0.2, -0.15) is 0 Å². The van der Waals surface area contributed by atoms with Crippen molar-refractivity contribution < 1.29 is 14.1 Å². The van der Waals surface area contributed by atoms with E-state index in [-0.39, 0.29) is 17.8 Å². The topological polar surface area (TPSA) is 93.7 Å². The van der Waals surface area contributed by atoms with Crippen LogP contribution in [-0.4, -0.2) is 21.6 Å². The number of benzene rings is 2. The predicted molar refractivity (Wildman–Crippen MR) is 136 cm³/mol. The molecule has 1 aliphatic rings. The molecule has 2 aromatic heterocycles. The minimum Gasteiger partial charge on any atom is -0.494 e. The number of hydrogen-bond donors (Lipinski definition) is 1. The number of nitrogens with zero attached hydrogens (tertiary/aromatic N) is 3. The van der Waals surface area contributed by atoms with Crippen molar-refractivity contribution in [3.8, 4) is 17.1 Å². The van der Waals surface area contributed by atoms with Crippen LogP contribution in [0, 0.1) is 10.1 Å². The van der Waals surface area contributed by atoms with Crippen LogP contribution in [0.2, 0.25) is 0 Å². The molecule has 1 N–H and O–H groups in total. The molecule has 8 nitrogen and oxygen atoms in total. The number of thiocarbonyl (C=S) groups is 1. The molecule has 5 rings (SSSR count). The van der Waals surface area contributed by atoms with Gasteiger partial charge in [-0.15, -0.1) is 0 Å². The SMILES string of the molecule is CCOc1ccc(N2C(=S)N[C@H](c3ccccn3)[C@H]2c2ccc(-c3ccc([N+](=O)[O-])cc3)o2)cc1. The highest BCUT2D eigenvalue weighted by molar-refractivity contribution is 7.80. The third kappa shape index (κ3) is 4.45. The van der Waals surface area contributed by atoms with Crippen molar-refractivity contribution in [2.24, 2.45) is 0 Å². The van der Waals surface area contributed by atoms with Crippen molar-refractivity contribution in [2.75, 3.05) is 11.5 Å². The van der Waals surface area contributed by atoms with E-state index in [1.54, 1.807) is 18.3 Å². The number of nitro groups is 1. The highest BCUT2D eigenvalue weighted by atomic mass is 32.1. The summed E-state index contributed by atoms with van der Waals surface area (Å²) in [6, 6.07) is 23.0. The van der Waals surface area contributed by atoms with Gasteiger partial charge in [-0.25, -0.2) is 0 Å². The number of furan rings is 1. The quantitative estimate of drug-likeness (QED) is 0.198. The molecule has 4 aromatic rings. The zero-order chi connectivity index (χ0) is 24.4. The number of ether oxygens (including phenoxy) is 1. The van der Waals surface area contributed by atoms with E-state index in [9.17, 15) is 10.1 Å². The third-order valence-corrected chi connectivity index (χ3v) is 6.12. The van der Waals surface area contributed by atoms with Crippen LogP contribution in [0.5, 0.6) is 5.75 Å². The fourth-order valence-corrected chi connectivity index (χ4v) is 4.55. The Labute approximate surface area is 207 Å². The van der Waals surface area contributed by atoms with Crippen LogP contribution in [0.25, 0.3) is 11.3 Å². The molecule has 0 spiro atoms. The number of nitro benzene ring substituents is 1. The van der Waals surface area contributed by atoms with Crippen LogP contribution in [0.4, 0.5) is 11.4 Å². The van der Waals surface area contributed by atoms with Crippen molar-refractivity contribution in [3.63, 3.8) is 0 Å². The number of hydrogen-bond acceptors (Lipinski definition) is 6. The highest BCUT2D eigenvalue weighted by Gasteiger charge is 2.42. The van der Waals surface area contributed by atoms with Crippen LogP contribution in [-0.2, 0) is 0 Å². The van der Waals surface area contributed by atoms with Crippen LogP contribution >= 0.6 is 12.2 Å². The average Bonchev–Trinajstić information content (AvgIpc) is 3.50. The predicted octanol–water partition coefficient (Wildman–Crippen LogP) is 5.83. The van der Waals surface area contributed by atoms with Crippen molar-refractivity contribution in [2.45, 2.75) is 19.0 Å². The van der Waals surface area contributed by atoms with Gasteiger partial charge in [0.2, 0.25) is 0 Å². The molecule has 1 aliphatic heterocycles. The van der Waals surface area contributed by atoms with Crippen molar-refractivity contribution in [3.05, 3.63) is 107 Å². The Morgan fingerprint density at radius 1 is 1.09 bits per heavy atom. The van der Waals surface area contributed by atoms with Gasteiger partial charge in [0, 0.05) is 29.6 Å². The molecule has 1 saturated heterocycles. The summed E-state index contributed by atoms with van der Waals surface area (Å²) in [6.45, 7) is 2.53. The van der Waals surface area contributed by atoms with E-state index >= 15 is 0 Å². The van der Waals surface area contributed by atoms with E-state index in [0.29, 0.717) is 23.2 Å². The summed E-state index contributed by atoms with van der Waals surface area (Å²) in [6.07, 6.45) is 1.75. The molecule has 0 unspecified atom stereocenters. The Bertz CT molecular complexity index is 1340. The summed E-state index contributed by atoms with van der Waals surface area (Å²) in [5, 5.41) is 15.0. The molecule has 35 heavy (non-hydrogen) atoms. The second kappa shape index (κ2) is 9.55. The lowest BCUT2D eigenvalue weighted by molar-refractivity contribution is -0.384. The summed E-state index contributed by atoms with van der Waals surface area (Å²) >= 11 is 5.75. The van der Waals surface area contributed by atoms with Gasteiger partial charge in [-0.3, -0.25) is 15.1 Å². The van der Waals surface area contributed by atoms with Crippen LogP contribution in [0.1, 0.15) is 30.5 Å². The molecule has 2 aromatic carbocycles. The van der Waals surface area contributed by atoms with Crippen molar-refractivity contribution >= 4 is 28.7 Å². The zero-order valence-corrected chi connectivity index (χ0v) is 19.6. The number of non-ortho nitro benzene ring substituents is 1. The summed E-state index contributed by atoms with van der Waals surface area (Å²) in [7, 11) is 0. The molecule has 176 valence electrons. The standard InChI is InChI=1S/C26H22N4O4S/c1-2-33-20-12-10-18(11-13-20)29-25(24(28-26(29)35)21-5-3-4-16-27-21)23-15-14-22(34-23)17-6-8-19(9-7-17)30(31)32/h3-16,24-25H,2H2,1H3,(H,28,35)/t24-,25-/m1/s1. The average molecular weight is 487 g/mol. The number of anilines is 1. The summed E-state index contributed by atoms with van der Waals surface area (Å²) in [4.78, 5) is 17.1. The fourth-order valence-electron chi connectivity index (χ4n) is 4.21. The molecule has 0 amide bonds. The molecule has 1 fully saturated rings. The number of pyridine rings is 1. The lowest BCUT2D eigenvalue weighted by Crippen LogP contribution is -2.29. The van der Waals surface area contributed by atoms with Crippen LogP contribution < -0.4 is 15.0 Å². The van der Waals surface area contributed by atoms with Gasteiger partial charge in [0.05, 0.1) is 23.3 Å². The first-order valence-electron chi connectivity index (χ1n) is 11.1. The smallest absolute Gasteiger partial charge is 0.269 e. The molecule has 2 atom stereocenters. The lowest BCUT2D eigenvalue weighted by atomic mass is 10.0. The van der Waals surface area contributed by atoms with E-state index in [0.717, 1.165) is 22.7 Å². The minimum absolute atomic E-state index is 0.0303. The molecule has 9 heteroatoms. The van der Waals surface area contributed by atoms with Gasteiger partial charge in [-0.1, -0.05) is 6.07 Å². The van der Waals surface area contributed by atoms with Gasteiger partial charge >= 0.3 is 0 Å². The molecule has 0 aliphatic carbocycles. The van der Waals surface area contributed by atoms with E-state index in [2.05, 4.69) is 10.3 Å². The van der Waals surface area contributed by atoms with Gasteiger partial charge < -0.3 is 19.4 Å². The summed E-state index contributed by atoms with van der Waals surface area (Å²) in [5.74, 6) is 2.08. The van der Waals surface area contributed by atoms with E-state index in [4.69, 9.17) is 21.4 Å². The van der Waals surface area contributed by atoms with Gasteiger partial charge in [0.1, 0.15) is 23.3 Å². The molecular formula is C26H22N4O4S. The normalized spacial score (nSPS) is 17.3. The molecule has 0 bridgehead atoms. The summed E-state index contributed by atoms with van der Waals surface area (Å²) in [5.41, 5.74) is 2.50.